The highest BCUT2D eigenvalue weighted by molar-refractivity contribution is 7.89. The fourth-order valence-corrected chi connectivity index (χ4v) is 4.30. The molecule has 0 atom stereocenters. The van der Waals surface area contributed by atoms with Gasteiger partial charge in [0.15, 0.2) is 0 Å². The van der Waals surface area contributed by atoms with E-state index in [1.54, 1.807) is 18.2 Å². The quantitative estimate of drug-likeness (QED) is 0.575. The van der Waals surface area contributed by atoms with Gasteiger partial charge in [-0.2, -0.15) is 4.31 Å². The van der Waals surface area contributed by atoms with E-state index in [0.29, 0.717) is 5.56 Å². The molecular weight excluding hydrogens is 422 g/mol. The van der Waals surface area contributed by atoms with Crippen LogP contribution in [-0.2, 0) is 27.9 Å². The maximum atomic E-state index is 14.2. The molecule has 0 aliphatic rings. The van der Waals surface area contributed by atoms with Crippen molar-refractivity contribution in [1.82, 2.24) is 9.62 Å². The first-order valence-electron chi connectivity index (χ1n) is 9.57. The Bertz CT molecular complexity index is 1150. The smallest absolute Gasteiger partial charge is 0.243 e. The second-order valence-electron chi connectivity index (χ2n) is 7.08. The van der Waals surface area contributed by atoms with Crippen LogP contribution in [0.4, 0.5) is 8.78 Å². The van der Waals surface area contributed by atoms with Crippen molar-refractivity contribution < 1.29 is 22.0 Å². The third-order valence-corrected chi connectivity index (χ3v) is 6.49. The molecule has 0 aliphatic heterocycles. The molecule has 0 spiro atoms. The van der Waals surface area contributed by atoms with Crippen molar-refractivity contribution in [1.29, 1.82) is 0 Å². The third kappa shape index (κ3) is 5.96. The molecule has 0 bridgehead atoms. The minimum atomic E-state index is -4.06. The van der Waals surface area contributed by atoms with Crippen LogP contribution in [0.2, 0.25) is 0 Å². The van der Waals surface area contributed by atoms with E-state index in [1.165, 1.54) is 54.6 Å². The number of nitrogens with zero attached hydrogens (tertiary/aromatic N) is 1. The molecular formula is C23H22F2N2O3S. The minimum Gasteiger partial charge on any atom is -0.351 e. The SMILES string of the molecule is Cc1ccc(S(=O)(=O)N(CC(=O)NCc2ccc(F)cc2)Cc2ccccc2F)cc1. The zero-order valence-corrected chi connectivity index (χ0v) is 17.7. The summed E-state index contributed by atoms with van der Waals surface area (Å²) in [6, 6.07) is 17.6. The summed E-state index contributed by atoms with van der Waals surface area (Å²) >= 11 is 0. The van der Waals surface area contributed by atoms with Crippen LogP contribution >= 0.6 is 0 Å². The predicted molar refractivity (Wildman–Crippen MR) is 113 cm³/mol. The van der Waals surface area contributed by atoms with Crippen molar-refractivity contribution in [2.75, 3.05) is 6.54 Å². The van der Waals surface area contributed by atoms with Gasteiger partial charge in [0.05, 0.1) is 11.4 Å². The van der Waals surface area contributed by atoms with Gasteiger partial charge in [0.1, 0.15) is 11.6 Å². The minimum absolute atomic E-state index is 0.0146. The number of hydrogen-bond acceptors (Lipinski definition) is 3. The molecule has 162 valence electrons. The standard InChI is InChI=1S/C23H22F2N2O3S/c1-17-6-12-21(13-7-17)31(29,30)27(15-19-4-2-3-5-22(19)25)16-23(28)26-14-18-8-10-20(24)11-9-18/h2-13H,14-16H2,1H3,(H,26,28). The van der Waals surface area contributed by atoms with E-state index in [2.05, 4.69) is 5.32 Å². The van der Waals surface area contributed by atoms with Crippen molar-refractivity contribution in [3.8, 4) is 0 Å². The molecule has 0 radical (unpaired) electrons. The highest BCUT2D eigenvalue weighted by atomic mass is 32.2. The summed E-state index contributed by atoms with van der Waals surface area (Å²) in [6.07, 6.45) is 0. The number of hydrogen-bond donors (Lipinski definition) is 1. The lowest BCUT2D eigenvalue weighted by Gasteiger charge is -2.22. The summed E-state index contributed by atoms with van der Waals surface area (Å²) in [5, 5.41) is 2.62. The van der Waals surface area contributed by atoms with Crippen molar-refractivity contribution in [3.05, 3.63) is 101 Å². The first kappa shape index (κ1) is 22.6. The van der Waals surface area contributed by atoms with Crippen molar-refractivity contribution in [2.24, 2.45) is 0 Å². The van der Waals surface area contributed by atoms with Gasteiger partial charge >= 0.3 is 0 Å². The van der Waals surface area contributed by atoms with Gasteiger partial charge in [0.2, 0.25) is 15.9 Å². The zero-order valence-electron chi connectivity index (χ0n) is 16.9. The Balaban J connectivity index is 1.81. The van der Waals surface area contributed by atoms with Crippen LogP contribution < -0.4 is 5.32 Å². The number of amides is 1. The Morgan fingerprint density at radius 3 is 2.23 bits per heavy atom. The second kappa shape index (κ2) is 9.80. The maximum Gasteiger partial charge on any atom is 0.243 e. The number of sulfonamides is 1. The molecule has 1 N–H and O–H groups in total. The van der Waals surface area contributed by atoms with E-state index in [0.717, 1.165) is 9.87 Å². The number of benzene rings is 3. The molecule has 0 unspecified atom stereocenters. The van der Waals surface area contributed by atoms with E-state index in [4.69, 9.17) is 0 Å². The van der Waals surface area contributed by atoms with Gasteiger partial charge in [-0.05, 0) is 42.8 Å². The van der Waals surface area contributed by atoms with Gasteiger partial charge in [0.25, 0.3) is 0 Å². The Kier molecular flexibility index (Phi) is 7.14. The third-order valence-electron chi connectivity index (χ3n) is 4.69. The molecule has 3 aromatic carbocycles. The van der Waals surface area contributed by atoms with Gasteiger partial charge in [-0.25, -0.2) is 17.2 Å². The van der Waals surface area contributed by atoms with Gasteiger partial charge in [0, 0.05) is 18.7 Å². The number of carbonyl (C=O) groups excluding carboxylic acids is 1. The summed E-state index contributed by atoms with van der Waals surface area (Å²) in [6.45, 7) is 1.15. The molecule has 0 fully saturated rings. The number of halogens is 2. The monoisotopic (exact) mass is 444 g/mol. The van der Waals surface area contributed by atoms with Crippen molar-refractivity contribution >= 4 is 15.9 Å². The van der Waals surface area contributed by atoms with Crippen molar-refractivity contribution in [2.45, 2.75) is 24.9 Å². The van der Waals surface area contributed by atoms with E-state index in [1.807, 2.05) is 6.92 Å². The summed E-state index contributed by atoms with van der Waals surface area (Å²) in [4.78, 5) is 12.5. The Morgan fingerprint density at radius 2 is 1.58 bits per heavy atom. The number of carbonyl (C=O) groups is 1. The summed E-state index contributed by atoms with van der Waals surface area (Å²) in [5.74, 6) is -1.51. The predicted octanol–water partition coefficient (Wildman–Crippen LogP) is 3.78. The van der Waals surface area contributed by atoms with E-state index in [9.17, 15) is 22.0 Å². The Labute approximate surface area is 180 Å². The van der Waals surface area contributed by atoms with Crippen LogP contribution in [0.5, 0.6) is 0 Å². The maximum absolute atomic E-state index is 14.2. The van der Waals surface area contributed by atoms with E-state index < -0.39 is 34.1 Å². The molecule has 3 rings (SSSR count). The number of rotatable bonds is 8. The summed E-state index contributed by atoms with van der Waals surface area (Å²) in [7, 11) is -4.06. The molecule has 0 saturated heterocycles. The van der Waals surface area contributed by atoms with Crippen LogP contribution in [0.15, 0.2) is 77.7 Å². The Morgan fingerprint density at radius 1 is 0.935 bits per heavy atom. The fourth-order valence-electron chi connectivity index (χ4n) is 2.92. The first-order chi connectivity index (χ1) is 14.8. The molecule has 8 heteroatoms. The number of aryl methyl sites for hydroxylation is 1. The van der Waals surface area contributed by atoms with Crippen LogP contribution in [-0.4, -0.2) is 25.2 Å². The largest absolute Gasteiger partial charge is 0.351 e. The topological polar surface area (TPSA) is 66.5 Å². The lowest BCUT2D eigenvalue weighted by molar-refractivity contribution is -0.121. The van der Waals surface area contributed by atoms with Crippen LogP contribution in [0.1, 0.15) is 16.7 Å². The van der Waals surface area contributed by atoms with Gasteiger partial charge in [-0.3, -0.25) is 4.79 Å². The molecule has 0 aromatic heterocycles. The fraction of sp³-hybridized carbons (Fsp3) is 0.174. The second-order valence-corrected chi connectivity index (χ2v) is 9.02. The molecule has 3 aromatic rings. The van der Waals surface area contributed by atoms with Crippen molar-refractivity contribution in [3.63, 3.8) is 0 Å². The normalized spacial score (nSPS) is 11.5. The van der Waals surface area contributed by atoms with Gasteiger partial charge in [-0.15, -0.1) is 0 Å². The highest BCUT2D eigenvalue weighted by Crippen LogP contribution is 2.20. The lowest BCUT2D eigenvalue weighted by atomic mass is 10.2. The molecule has 0 saturated carbocycles. The van der Waals surface area contributed by atoms with Crippen LogP contribution in [0, 0.1) is 18.6 Å². The lowest BCUT2D eigenvalue weighted by Crippen LogP contribution is -2.40. The van der Waals surface area contributed by atoms with E-state index >= 15 is 0 Å². The average molecular weight is 445 g/mol. The first-order valence-corrected chi connectivity index (χ1v) is 11.0. The van der Waals surface area contributed by atoms with Gasteiger partial charge in [-0.1, -0.05) is 48.0 Å². The molecule has 5 nitrogen and oxygen atoms in total. The van der Waals surface area contributed by atoms with E-state index in [-0.39, 0.29) is 23.5 Å². The zero-order chi connectivity index (χ0) is 22.4. The van der Waals surface area contributed by atoms with Gasteiger partial charge < -0.3 is 5.32 Å². The van der Waals surface area contributed by atoms with Crippen LogP contribution in [0.3, 0.4) is 0 Å². The highest BCUT2D eigenvalue weighted by Gasteiger charge is 2.27. The molecule has 0 aliphatic carbocycles. The summed E-state index contributed by atoms with van der Waals surface area (Å²) < 4.78 is 54.5. The summed E-state index contributed by atoms with van der Waals surface area (Å²) in [5.41, 5.74) is 1.71. The Hall–Kier alpha value is -3.10. The molecule has 31 heavy (non-hydrogen) atoms. The average Bonchev–Trinajstić information content (AvgIpc) is 2.74. The molecule has 0 heterocycles. The van der Waals surface area contributed by atoms with Crippen LogP contribution in [0.25, 0.3) is 0 Å². The number of nitrogens with one attached hydrogen (secondary N) is 1. The molecule has 1 amide bonds.